The van der Waals surface area contributed by atoms with Gasteiger partial charge in [-0.3, -0.25) is 4.79 Å². The topological polar surface area (TPSA) is 99.4 Å². The molecule has 0 bridgehead atoms. The summed E-state index contributed by atoms with van der Waals surface area (Å²) in [5.41, 5.74) is 0.499. The highest BCUT2D eigenvalue weighted by atomic mass is 16.5. The van der Waals surface area contributed by atoms with Gasteiger partial charge in [0.2, 0.25) is 0 Å². The molecule has 1 aromatic carbocycles. The number of hydrogen-bond donors (Lipinski definition) is 2. The number of nitrogens with zero attached hydrogens (tertiary/aromatic N) is 1. The van der Waals surface area contributed by atoms with E-state index in [2.05, 4.69) is 5.32 Å². The summed E-state index contributed by atoms with van der Waals surface area (Å²) >= 11 is 0. The molecule has 1 rings (SSSR count). The van der Waals surface area contributed by atoms with Crippen molar-refractivity contribution >= 4 is 18.0 Å². The van der Waals surface area contributed by atoms with E-state index in [1.54, 1.807) is 37.4 Å². The molecule has 23 heavy (non-hydrogen) atoms. The number of methoxy groups -OCH3 is 1. The molecule has 0 radical (unpaired) electrons. The average Bonchev–Trinajstić information content (AvgIpc) is 2.51. The molecule has 2 N–H and O–H groups in total. The molecule has 1 amide bonds. The van der Waals surface area contributed by atoms with Gasteiger partial charge < -0.3 is 15.2 Å². The highest BCUT2D eigenvalue weighted by Gasteiger charge is 2.22. The molecule has 0 fully saturated rings. The zero-order chi connectivity index (χ0) is 17.4. The molecule has 122 valence electrons. The monoisotopic (exact) mass is 316 g/mol. The van der Waals surface area contributed by atoms with E-state index in [-0.39, 0.29) is 11.5 Å². The number of carboxylic acid groups (broad SMARTS) is 1. The number of nitriles is 1. The number of benzene rings is 1. The van der Waals surface area contributed by atoms with Crippen molar-refractivity contribution in [2.75, 3.05) is 7.11 Å². The van der Waals surface area contributed by atoms with Crippen molar-refractivity contribution in [2.24, 2.45) is 5.92 Å². The van der Waals surface area contributed by atoms with Gasteiger partial charge in [-0.25, -0.2) is 4.79 Å². The Morgan fingerprint density at radius 2 is 1.96 bits per heavy atom. The molecule has 6 heteroatoms. The van der Waals surface area contributed by atoms with Crippen LogP contribution in [0.2, 0.25) is 0 Å². The van der Waals surface area contributed by atoms with Crippen LogP contribution in [0.3, 0.4) is 0 Å². The Morgan fingerprint density at radius 1 is 1.35 bits per heavy atom. The summed E-state index contributed by atoms with van der Waals surface area (Å²) in [6, 6.07) is 7.60. The molecule has 0 aliphatic rings. The zero-order valence-corrected chi connectivity index (χ0v) is 13.4. The van der Waals surface area contributed by atoms with E-state index in [1.807, 2.05) is 13.8 Å². The molecular weight excluding hydrogens is 296 g/mol. The summed E-state index contributed by atoms with van der Waals surface area (Å²) in [7, 11) is 1.54. The van der Waals surface area contributed by atoms with Gasteiger partial charge in [-0.2, -0.15) is 5.26 Å². The summed E-state index contributed by atoms with van der Waals surface area (Å²) in [4.78, 5) is 23.3. The van der Waals surface area contributed by atoms with Crippen molar-refractivity contribution in [3.05, 3.63) is 35.4 Å². The minimum atomic E-state index is -1.12. The van der Waals surface area contributed by atoms with E-state index < -0.39 is 17.9 Å². The van der Waals surface area contributed by atoms with Gasteiger partial charge in [0.15, 0.2) is 0 Å². The number of hydrogen-bond acceptors (Lipinski definition) is 4. The molecule has 0 aromatic heterocycles. The van der Waals surface area contributed by atoms with Crippen LogP contribution in [0.4, 0.5) is 0 Å². The van der Waals surface area contributed by atoms with Crippen LogP contribution in [0.25, 0.3) is 6.08 Å². The predicted molar refractivity (Wildman–Crippen MR) is 85.6 cm³/mol. The Morgan fingerprint density at radius 3 is 2.39 bits per heavy atom. The van der Waals surface area contributed by atoms with Crippen molar-refractivity contribution < 1.29 is 19.4 Å². The number of ether oxygens (including phenoxy) is 1. The Bertz CT molecular complexity index is 627. The average molecular weight is 316 g/mol. The van der Waals surface area contributed by atoms with Crippen molar-refractivity contribution in [1.29, 1.82) is 5.26 Å². The van der Waals surface area contributed by atoms with Gasteiger partial charge in [0, 0.05) is 0 Å². The first-order valence-electron chi connectivity index (χ1n) is 7.17. The second-order valence-electron chi connectivity index (χ2n) is 5.44. The molecule has 6 nitrogen and oxygen atoms in total. The number of aliphatic carboxylic acids is 1. The predicted octanol–water partition coefficient (Wildman–Crippen LogP) is 2.22. The normalized spacial score (nSPS) is 12.4. The van der Waals surface area contributed by atoms with E-state index in [0.29, 0.717) is 17.7 Å². The van der Waals surface area contributed by atoms with Crippen molar-refractivity contribution in [3.63, 3.8) is 0 Å². The highest BCUT2D eigenvalue weighted by Crippen LogP contribution is 2.14. The van der Waals surface area contributed by atoms with Crippen LogP contribution in [0.1, 0.15) is 25.8 Å². The van der Waals surface area contributed by atoms with E-state index >= 15 is 0 Å². The maximum absolute atomic E-state index is 12.1. The van der Waals surface area contributed by atoms with Crippen molar-refractivity contribution in [3.8, 4) is 11.8 Å². The first-order valence-corrected chi connectivity index (χ1v) is 7.17. The summed E-state index contributed by atoms with van der Waals surface area (Å²) in [5, 5.41) is 20.7. The lowest BCUT2D eigenvalue weighted by Gasteiger charge is -2.16. The number of carbonyl (C=O) groups is 2. The molecule has 0 aliphatic heterocycles. The SMILES string of the molecule is COc1ccc(/C=C(\C#N)C(=O)NC(CC(C)C)C(=O)O)cc1. The smallest absolute Gasteiger partial charge is 0.326 e. The van der Waals surface area contributed by atoms with E-state index in [1.165, 1.54) is 6.08 Å². The quantitative estimate of drug-likeness (QED) is 0.593. The third-order valence-corrected chi connectivity index (χ3v) is 3.10. The molecule has 1 unspecified atom stereocenters. The fourth-order valence-electron chi connectivity index (χ4n) is 1.94. The first-order chi connectivity index (χ1) is 10.9. The van der Waals surface area contributed by atoms with Crippen LogP contribution in [-0.4, -0.2) is 30.1 Å². The molecule has 1 atom stereocenters. The summed E-state index contributed by atoms with van der Waals surface area (Å²) < 4.78 is 5.03. The third kappa shape index (κ3) is 5.83. The number of rotatable bonds is 7. The van der Waals surface area contributed by atoms with Crippen LogP contribution in [0, 0.1) is 17.2 Å². The Balaban J connectivity index is 2.90. The lowest BCUT2D eigenvalue weighted by Crippen LogP contribution is -2.42. The summed E-state index contributed by atoms with van der Waals surface area (Å²) in [6.45, 7) is 3.72. The molecular formula is C17H20N2O4. The van der Waals surface area contributed by atoms with E-state index in [0.717, 1.165) is 0 Å². The fraction of sp³-hybridized carbons (Fsp3) is 0.353. The number of amides is 1. The van der Waals surface area contributed by atoms with Crippen molar-refractivity contribution in [2.45, 2.75) is 26.3 Å². The van der Waals surface area contributed by atoms with Gasteiger partial charge in [0.05, 0.1) is 7.11 Å². The number of carbonyl (C=O) groups excluding carboxylic acids is 1. The standard InChI is InChI=1S/C17H20N2O4/c1-11(2)8-15(17(21)22)19-16(20)13(10-18)9-12-4-6-14(23-3)7-5-12/h4-7,9,11,15H,8H2,1-3H3,(H,19,20)(H,21,22)/b13-9+. The molecule has 0 spiro atoms. The van der Waals surface area contributed by atoms with E-state index in [9.17, 15) is 9.59 Å². The van der Waals surface area contributed by atoms with Gasteiger partial charge in [-0.05, 0) is 36.1 Å². The minimum Gasteiger partial charge on any atom is -0.497 e. The maximum atomic E-state index is 12.1. The van der Waals surface area contributed by atoms with Gasteiger partial charge in [-0.1, -0.05) is 26.0 Å². The van der Waals surface area contributed by atoms with Crippen LogP contribution >= 0.6 is 0 Å². The van der Waals surface area contributed by atoms with Crippen LogP contribution in [0.15, 0.2) is 29.8 Å². The van der Waals surface area contributed by atoms with Gasteiger partial charge >= 0.3 is 5.97 Å². The fourth-order valence-corrected chi connectivity index (χ4v) is 1.94. The second-order valence-corrected chi connectivity index (χ2v) is 5.44. The minimum absolute atomic E-state index is 0.104. The maximum Gasteiger partial charge on any atom is 0.326 e. The van der Waals surface area contributed by atoms with Gasteiger partial charge in [0.25, 0.3) is 5.91 Å². The first kappa shape index (κ1) is 18.2. The largest absolute Gasteiger partial charge is 0.497 e. The number of carboxylic acids is 1. The second kappa shape index (κ2) is 8.59. The molecule has 0 saturated heterocycles. The summed E-state index contributed by atoms with van der Waals surface area (Å²) in [5.74, 6) is -1.05. The van der Waals surface area contributed by atoms with Crippen molar-refractivity contribution in [1.82, 2.24) is 5.32 Å². The van der Waals surface area contributed by atoms with Crippen LogP contribution in [0.5, 0.6) is 5.75 Å². The van der Waals surface area contributed by atoms with E-state index in [4.69, 9.17) is 15.1 Å². The molecule has 0 saturated carbocycles. The lowest BCUT2D eigenvalue weighted by atomic mass is 10.0. The Kier molecular flexibility index (Phi) is 6.81. The zero-order valence-electron chi connectivity index (χ0n) is 13.4. The summed E-state index contributed by atoms with van der Waals surface area (Å²) in [6.07, 6.45) is 1.70. The Labute approximate surface area is 135 Å². The molecule has 0 aliphatic carbocycles. The number of nitrogens with one attached hydrogen (secondary N) is 1. The highest BCUT2D eigenvalue weighted by molar-refractivity contribution is 6.03. The van der Waals surface area contributed by atoms with Crippen LogP contribution < -0.4 is 10.1 Å². The lowest BCUT2D eigenvalue weighted by molar-refractivity contribution is -0.141. The van der Waals surface area contributed by atoms with Gasteiger partial charge in [-0.15, -0.1) is 0 Å². The third-order valence-electron chi connectivity index (χ3n) is 3.10. The Hall–Kier alpha value is -2.81. The van der Waals surface area contributed by atoms with Crippen LogP contribution in [-0.2, 0) is 9.59 Å². The van der Waals surface area contributed by atoms with Gasteiger partial charge in [0.1, 0.15) is 23.4 Å². The molecule has 0 heterocycles. The molecule has 1 aromatic rings.